The van der Waals surface area contributed by atoms with Gasteiger partial charge in [-0.05, 0) is 43.9 Å². The Morgan fingerprint density at radius 1 is 1.33 bits per heavy atom. The summed E-state index contributed by atoms with van der Waals surface area (Å²) >= 11 is 0. The maximum atomic E-state index is 9.43. The van der Waals surface area contributed by atoms with Crippen molar-refractivity contribution in [1.82, 2.24) is 0 Å². The molecule has 2 rings (SSSR count). The molecular formula is C15H23NO2. The lowest BCUT2D eigenvalue weighted by Crippen LogP contribution is -2.29. The smallest absolute Gasteiger partial charge is 0.145 e. The third-order valence-electron chi connectivity index (χ3n) is 3.88. The number of rotatable bonds is 5. The van der Waals surface area contributed by atoms with Crippen LogP contribution in [0.5, 0.6) is 5.75 Å². The van der Waals surface area contributed by atoms with Crippen LogP contribution in [0.1, 0.15) is 24.0 Å². The summed E-state index contributed by atoms with van der Waals surface area (Å²) in [5, 5.41) is 9.43. The Bertz CT molecular complexity index is 438. The van der Waals surface area contributed by atoms with Crippen LogP contribution in [0.2, 0.25) is 0 Å². The van der Waals surface area contributed by atoms with Gasteiger partial charge in [0.25, 0.3) is 0 Å². The molecule has 0 aliphatic heterocycles. The van der Waals surface area contributed by atoms with Crippen molar-refractivity contribution >= 4 is 5.69 Å². The van der Waals surface area contributed by atoms with E-state index in [0.29, 0.717) is 0 Å². The zero-order valence-electron chi connectivity index (χ0n) is 11.8. The Morgan fingerprint density at radius 2 is 2.00 bits per heavy atom. The van der Waals surface area contributed by atoms with Gasteiger partial charge in [0, 0.05) is 19.0 Å². The molecule has 1 N–H and O–H groups in total. The summed E-state index contributed by atoms with van der Waals surface area (Å²) in [4.78, 5) is 2.21. The lowest BCUT2D eigenvalue weighted by molar-refractivity contribution is 0.215. The second kappa shape index (κ2) is 4.81. The third-order valence-corrected chi connectivity index (χ3v) is 3.88. The van der Waals surface area contributed by atoms with E-state index >= 15 is 0 Å². The fraction of sp³-hybridized carbons (Fsp3) is 0.600. The molecule has 3 nitrogen and oxygen atoms in total. The van der Waals surface area contributed by atoms with Crippen LogP contribution in [0.25, 0.3) is 0 Å². The first-order valence-electron chi connectivity index (χ1n) is 6.48. The highest BCUT2D eigenvalue weighted by molar-refractivity contribution is 5.63. The number of aliphatic hydroxyl groups excluding tert-OH is 1. The minimum Gasteiger partial charge on any atom is -0.494 e. The number of methoxy groups -OCH3 is 1. The Balaban J connectivity index is 2.26. The molecular weight excluding hydrogens is 226 g/mol. The molecule has 0 saturated heterocycles. The average Bonchev–Trinajstić information content (AvgIpc) is 3.08. The van der Waals surface area contributed by atoms with Gasteiger partial charge in [0.1, 0.15) is 5.75 Å². The first-order valence-corrected chi connectivity index (χ1v) is 6.48. The molecule has 0 unspecified atom stereocenters. The molecule has 0 amide bonds. The van der Waals surface area contributed by atoms with E-state index in [1.807, 2.05) is 0 Å². The van der Waals surface area contributed by atoms with Gasteiger partial charge in [-0.15, -0.1) is 0 Å². The lowest BCUT2D eigenvalue weighted by atomic mass is 10.1. The van der Waals surface area contributed by atoms with Crippen LogP contribution in [0.3, 0.4) is 0 Å². The van der Waals surface area contributed by atoms with Gasteiger partial charge < -0.3 is 14.7 Å². The highest BCUT2D eigenvalue weighted by Gasteiger charge is 2.43. The summed E-state index contributed by atoms with van der Waals surface area (Å²) in [5.74, 6) is 0.942. The number of nitrogens with zero attached hydrogens (tertiary/aromatic N) is 1. The van der Waals surface area contributed by atoms with Gasteiger partial charge in [0.05, 0.1) is 19.4 Å². The summed E-state index contributed by atoms with van der Waals surface area (Å²) in [7, 11) is 3.79. The van der Waals surface area contributed by atoms with E-state index in [1.165, 1.54) is 5.56 Å². The molecule has 18 heavy (non-hydrogen) atoms. The third kappa shape index (κ3) is 2.46. The zero-order chi connectivity index (χ0) is 13.3. The van der Waals surface area contributed by atoms with Crippen molar-refractivity contribution in [1.29, 1.82) is 0 Å². The minimum atomic E-state index is 0.122. The predicted molar refractivity (Wildman–Crippen MR) is 74.5 cm³/mol. The molecule has 1 aromatic carbocycles. The van der Waals surface area contributed by atoms with Gasteiger partial charge in [-0.3, -0.25) is 0 Å². The van der Waals surface area contributed by atoms with Crippen molar-refractivity contribution in [2.24, 2.45) is 5.41 Å². The van der Waals surface area contributed by atoms with E-state index in [1.54, 1.807) is 7.11 Å². The molecule has 100 valence electrons. The van der Waals surface area contributed by atoms with E-state index < -0.39 is 0 Å². The molecule has 0 spiro atoms. The molecule has 1 aromatic rings. The van der Waals surface area contributed by atoms with Crippen LogP contribution in [-0.2, 0) is 0 Å². The number of aliphatic hydroxyl groups is 1. The zero-order valence-corrected chi connectivity index (χ0v) is 11.8. The highest BCUT2D eigenvalue weighted by Crippen LogP contribution is 2.46. The molecule has 0 heterocycles. The minimum absolute atomic E-state index is 0.122. The van der Waals surface area contributed by atoms with E-state index in [9.17, 15) is 5.11 Å². The Hall–Kier alpha value is -1.22. The number of benzene rings is 1. The number of aryl methyl sites for hydroxylation is 2. The number of ether oxygens (including phenoxy) is 1. The largest absolute Gasteiger partial charge is 0.494 e. The number of hydrogen-bond acceptors (Lipinski definition) is 3. The highest BCUT2D eigenvalue weighted by atomic mass is 16.5. The topological polar surface area (TPSA) is 32.7 Å². The quantitative estimate of drug-likeness (QED) is 0.870. The van der Waals surface area contributed by atoms with Crippen molar-refractivity contribution in [3.63, 3.8) is 0 Å². The van der Waals surface area contributed by atoms with Gasteiger partial charge in [-0.2, -0.15) is 0 Å². The van der Waals surface area contributed by atoms with Crippen LogP contribution in [0.4, 0.5) is 5.69 Å². The maximum absolute atomic E-state index is 9.43. The van der Waals surface area contributed by atoms with Crippen molar-refractivity contribution in [3.05, 3.63) is 23.3 Å². The van der Waals surface area contributed by atoms with Gasteiger partial charge in [0.2, 0.25) is 0 Å². The monoisotopic (exact) mass is 249 g/mol. The number of anilines is 1. The van der Waals surface area contributed by atoms with E-state index in [0.717, 1.165) is 36.4 Å². The van der Waals surface area contributed by atoms with E-state index in [2.05, 4.69) is 37.9 Å². The van der Waals surface area contributed by atoms with Crippen molar-refractivity contribution in [3.8, 4) is 5.75 Å². The van der Waals surface area contributed by atoms with Crippen LogP contribution in [0, 0.1) is 19.3 Å². The summed E-state index contributed by atoms with van der Waals surface area (Å²) in [6, 6.07) is 4.29. The second-order valence-corrected chi connectivity index (χ2v) is 5.65. The standard InChI is InChI=1S/C15H23NO2/c1-11-7-12(2)14(18-4)13(8-11)16(3)9-15(10-17)5-6-15/h7-8,17H,5-6,9-10H2,1-4H3. The van der Waals surface area contributed by atoms with E-state index in [-0.39, 0.29) is 12.0 Å². The van der Waals surface area contributed by atoms with Crippen molar-refractivity contribution in [2.45, 2.75) is 26.7 Å². The van der Waals surface area contributed by atoms with E-state index in [4.69, 9.17) is 4.74 Å². The fourth-order valence-corrected chi connectivity index (χ4v) is 2.61. The molecule has 0 aromatic heterocycles. The molecule has 3 heteroatoms. The summed E-state index contributed by atoms with van der Waals surface area (Å²) in [6.45, 7) is 5.35. The summed E-state index contributed by atoms with van der Waals surface area (Å²) < 4.78 is 5.52. The second-order valence-electron chi connectivity index (χ2n) is 5.65. The van der Waals surface area contributed by atoms with Gasteiger partial charge in [-0.1, -0.05) is 6.07 Å². The molecule has 0 atom stereocenters. The number of hydrogen-bond donors (Lipinski definition) is 1. The molecule has 1 saturated carbocycles. The van der Waals surface area contributed by atoms with Crippen LogP contribution in [-0.4, -0.2) is 32.4 Å². The summed E-state index contributed by atoms with van der Waals surface area (Å²) in [6.07, 6.45) is 2.25. The molecule has 0 bridgehead atoms. The molecule has 0 radical (unpaired) electrons. The van der Waals surface area contributed by atoms with Crippen LogP contribution < -0.4 is 9.64 Å². The van der Waals surface area contributed by atoms with Gasteiger partial charge in [0.15, 0.2) is 0 Å². The lowest BCUT2D eigenvalue weighted by Gasteiger charge is -2.27. The average molecular weight is 249 g/mol. The van der Waals surface area contributed by atoms with Crippen LogP contribution in [0.15, 0.2) is 12.1 Å². The Labute approximate surface area is 109 Å². The van der Waals surface area contributed by atoms with Crippen molar-refractivity contribution < 1.29 is 9.84 Å². The fourth-order valence-electron chi connectivity index (χ4n) is 2.61. The van der Waals surface area contributed by atoms with Crippen LogP contribution >= 0.6 is 0 Å². The summed E-state index contributed by atoms with van der Waals surface area (Å²) in [5.41, 5.74) is 3.64. The Kier molecular flexibility index (Phi) is 3.53. The first-order chi connectivity index (χ1) is 8.51. The van der Waals surface area contributed by atoms with Gasteiger partial charge in [-0.25, -0.2) is 0 Å². The maximum Gasteiger partial charge on any atom is 0.145 e. The van der Waals surface area contributed by atoms with Gasteiger partial charge >= 0.3 is 0 Å². The first kappa shape index (κ1) is 13.2. The predicted octanol–water partition coefficient (Wildman–Crippen LogP) is 2.52. The Morgan fingerprint density at radius 3 is 2.50 bits per heavy atom. The normalized spacial score (nSPS) is 16.5. The molecule has 1 aliphatic carbocycles. The molecule has 1 aliphatic rings. The SMILES string of the molecule is COc1c(C)cc(C)cc1N(C)CC1(CO)CC1. The molecule has 1 fully saturated rings. The van der Waals surface area contributed by atoms with Crippen molar-refractivity contribution in [2.75, 3.05) is 32.2 Å².